The second kappa shape index (κ2) is 6.88. The third kappa shape index (κ3) is 3.18. The Labute approximate surface area is 143 Å². The number of hydrogen-bond acceptors (Lipinski definition) is 5. The molecular formula is C16H17N3O4S. The van der Waals surface area contributed by atoms with Crippen molar-refractivity contribution in [3.63, 3.8) is 0 Å². The Morgan fingerprint density at radius 3 is 2.96 bits per heavy atom. The van der Waals surface area contributed by atoms with Gasteiger partial charge in [0.25, 0.3) is 5.69 Å². The molecule has 3 rings (SSSR count). The number of likely N-dealkylation sites (tertiary alicyclic amines) is 1. The van der Waals surface area contributed by atoms with E-state index >= 15 is 0 Å². The number of nitrogens with zero attached hydrogens (tertiary/aromatic N) is 2. The molecule has 0 unspecified atom stereocenters. The molecule has 126 valence electrons. The van der Waals surface area contributed by atoms with Crippen LogP contribution < -0.4 is 10.1 Å². The second-order valence-electron chi connectivity index (χ2n) is 5.44. The second-order valence-corrected chi connectivity index (χ2v) is 6.42. The molecule has 2 amide bonds. The zero-order valence-corrected chi connectivity index (χ0v) is 13.9. The summed E-state index contributed by atoms with van der Waals surface area (Å²) in [6.07, 6.45) is 1.89. The van der Waals surface area contributed by atoms with Crippen LogP contribution in [-0.2, 0) is 0 Å². The summed E-state index contributed by atoms with van der Waals surface area (Å²) in [6.45, 7) is 0.684. The molecule has 0 spiro atoms. The maximum atomic E-state index is 12.6. The average Bonchev–Trinajstić information content (AvgIpc) is 3.25. The number of urea groups is 1. The maximum absolute atomic E-state index is 12.6. The highest BCUT2D eigenvalue weighted by atomic mass is 32.1. The molecule has 2 heterocycles. The van der Waals surface area contributed by atoms with E-state index in [9.17, 15) is 14.9 Å². The van der Waals surface area contributed by atoms with Gasteiger partial charge in [0.1, 0.15) is 5.75 Å². The van der Waals surface area contributed by atoms with E-state index in [1.165, 1.54) is 30.2 Å². The molecule has 0 aliphatic carbocycles. The number of nitrogens with one attached hydrogen (secondary N) is 1. The van der Waals surface area contributed by atoms with E-state index in [1.807, 2.05) is 17.5 Å². The lowest BCUT2D eigenvalue weighted by molar-refractivity contribution is -0.384. The summed E-state index contributed by atoms with van der Waals surface area (Å²) in [6, 6.07) is 8.01. The number of non-ortho nitro benzene ring substituents is 1. The number of rotatable bonds is 4. The molecule has 7 nitrogen and oxygen atoms in total. The first kappa shape index (κ1) is 16.3. The molecule has 1 N–H and O–H groups in total. The third-order valence-corrected chi connectivity index (χ3v) is 5.00. The summed E-state index contributed by atoms with van der Waals surface area (Å²) in [5.74, 6) is 0.268. The lowest BCUT2D eigenvalue weighted by Crippen LogP contribution is -2.34. The minimum absolute atomic E-state index is 0.0778. The Morgan fingerprint density at radius 1 is 1.46 bits per heavy atom. The number of benzene rings is 1. The normalized spacial score (nSPS) is 16.9. The summed E-state index contributed by atoms with van der Waals surface area (Å²) < 4.78 is 5.16. The number of nitro groups is 1. The van der Waals surface area contributed by atoms with E-state index in [0.29, 0.717) is 12.2 Å². The SMILES string of the molecule is COc1cc([N+](=O)[O-])ccc1NC(=O)N1CCC[C@H]1c1cccs1. The number of hydrogen-bond donors (Lipinski definition) is 1. The number of carbonyl (C=O) groups excluding carboxylic acids is 1. The van der Waals surface area contributed by atoms with Crippen LogP contribution in [0.15, 0.2) is 35.7 Å². The molecule has 1 aliphatic heterocycles. The number of ether oxygens (including phenoxy) is 1. The first-order chi connectivity index (χ1) is 11.6. The Kier molecular flexibility index (Phi) is 4.66. The van der Waals surface area contributed by atoms with Crippen molar-refractivity contribution in [1.29, 1.82) is 0 Å². The van der Waals surface area contributed by atoms with E-state index in [1.54, 1.807) is 16.2 Å². The Hall–Kier alpha value is -2.61. The minimum atomic E-state index is -0.499. The van der Waals surface area contributed by atoms with Crippen molar-refractivity contribution in [2.45, 2.75) is 18.9 Å². The quantitative estimate of drug-likeness (QED) is 0.668. The Balaban J connectivity index is 1.78. The molecule has 1 saturated heterocycles. The highest BCUT2D eigenvalue weighted by Crippen LogP contribution is 2.36. The van der Waals surface area contributed by atoms with Gasteiger partial charge in [-0.05, 0) is 30.4 Å². The van der Waals surface area contributed by atoms with Gasteiger partial charge in [-0.1, -0.05) is 6.07 Å². The van der Waals surface area contributed by atoms with Crippen LogP contribution >= 0.6 is 11.3 Å². The van der Waals surface area contributed by atoms with Gasteiger partial charge in [-0.2, -0.15) is 0 Å². The molecule has 1 fully saturated rings. The molecular weight excluding hydrogens is 330 g/mol. The van der Waals surface area contributed by atoms with E-state index in [-0.39, 0.29) is 23.5 Å². The van der Waals surface area contributed by atoms with Crippen molar-refractivity contribution in [3.05, 3.63) is 50.7 Å². The Bertz CT molecular complexity index is 748. The molecule has 0 radical (unpaired) electrons. The smallest absolute Gasteiger partial charge is 0.322 e. The topological polar surface area (TPSA) is 84.7 Å². The lowest BCUT2D eigenvalue weighted by Gasteiger charge is -2.24. The molecule has 24 heavy (non-hydrogen) atoms. The summed E-state index contributed by atoms with van der Waals surface area (Å²) in [5.41, 5.74) is 0.340. The van der Waals surface area contributed by atoms with Crippen molar-refractivity contribution in [3.8, 4) is 5.75 Å². The van der Waals surface area contributed by atoms with Gasteiger partial charge in [-0.15, -0.1) is 11.3 Å². The van der Waals surface area contributed by atoms with E-state index < -0.39 is 4.92 Å². The summed E-state index contributed by atoms with van der Waals surface area (Å²) in [7, 11) is 1.42. The zero-order chi connectivity index (χ0) is 17.1. The molecule has 1 aromatic carbocycles. The van der Waals surface area contributed by atoms with Gasteiger partial charge in [-0.25, -0.2) is 4.79 Å². The molecule has 1 atom stereocenters. The number of amides is 2. The van der Waals surface area contributed by atoms with Crippen LogP contribution in [0.2, 0.25) is 0 Å². The number of thiophene rings is 1. The molecule has 0 saturated carbocycles. The Morgan fingerprint density at radius 2 is 2.29 bits per heavy atom. The fraction of sp³-hybridized carbons (Fsp3) is 0.312. The van der Waals surface area contributed by atoms with Crippen molar-refractivity contribution >= 4 is 28.7 Å². The van der Waals surface area contributed by atoms with Gasteiger partial charge in [0, 0.05) is 17.5 Å². The summed E-state index contributed by atoms with van der Waals surface area (Å²) >= 11 is 1.64. The average molecular weight is 347 g/mol. The highest BCUT2D eigenvalue weighted by Gasteiger charge is 2.31. The van der Waals surface area contributed by atoms with Crippen LogP contribution in [0.3, 0.4) is 0 Å². The molecule has 8 heteroatoms. The third-order valence-electron chi connectivity index (χ3n) is 4.02. The van der Waals surface area contributed by atoms with Gasteiger partial charge in [0.2, 0.25) is 0 Å². The first-order valence-corrected chi connectivity index (χ1v) is 8.41. The lowest BCUT2D eigenvalue weighted by atomic mass is 10.2. The minimum Gasteiger partial charge on any atom is -0.494 e. The van der Waals surface area contributed by atoms with Crippen molar-refractivity contribution in [2.24, 2.45) is 0 Å². The summed E-state index contributed by atoms with van der Waals surface area (Å²) in [4.78, 5) is 25.9. The van der Waals surface area contributed by atoms with Gasteiger partial charge in [0.05, 0.1) is 29.8 Å². The number of anilines is 1. The van der Waals surface area contributed by atoms with Crippen LogP contribution in [0.25, 0.3) is 0 Å². The van der Waals surface area contributed by atoms with Gasteiger partial charge < -0.3 is 15.0 Å². The van der Waals surface area contributed by atoms with Gasteiger partial charge >= 0.3 is 6.03 Å². The van der Waals surface area contributed by atoms with E-state index in [0.717, 1.165) is 12.8 Å². The van der Waals surface area contributed by atoms with Crippen molar-refractivity contribution in [2.75, 3.05) is 19.0 Å². The van der Waals surface area contributed by atoms with Crippen molar-refractivity contribution in [1.82, 2.24) is 4.90 Å². The fourth-order valence-corrected chi connectivity index (χ4v) is 3.74. The molecule has 0 bridgehead atoms. The number of carbonyl (C=O) groups is 1. The van der Waals surface area contributed by atoms with Crippen LogP contribution in [0.4, 0.5) is 16.2 Å². The monoisotopic (exact) mass is 347 g/mol. The summed E-state index contributed by atoms with van der Waals surface area (Å²) in [5, 5.41) is 15.7. The largest absolute Gasteiger partial charge is 0.494 e. The predicted molar refractivity (Wildman–Crippen MR) is 91.7 cm³/mol. The van der Waals surface area contributed by atoms with E-state index in [2.05, 4.69) is 5.32 Å². The number of nitro benzene ring substituents is 1. The molecule has 2 aromatic rings. The number of methoxy groups -OCH3 is 1. The predicted octanol–water partition coefficient (Wildman–Crippen LogP) is 4.03. The zero-order valence-electron chi connectivity index (χ0n) is 13.1. The fourth-order valence-electron chi connectivity index (χ4n) is 2.87. The van der Waals surface area contributed by atoms with Crippen LogP contribution in [-0.4, -0.2) is 29.5 Å². The molecule has 1 aliphatic rings. The van der Waals surface area contributed by atoms with Crippen LogP contribution in [0.1, 0.15) is 23.8 Å². The van der Waals surface area contributed by atoms with Crippen LogP contribution in [0, 0.1) is 10.1 Å². The maximum Gasteiger partial charge on any atom is 0.322 e. The van der Waals surface area contributed by atoms with Crippen molar-refractivity contribution < 1.29 is 14.5 Å². The highest BCUT2D eigenvalue weighted by molar-refractivity contribution is 7.10. The van der Waals surface area contributed by atoms with Crippen LogP contribution in [0.5, 0.6) is 5.75 Å². The first-order valence-electron chi connectivity index (χ1n) is 7.53. The van der Waals surface area contributed by atoms with Gasteiger partial charge in [-0.3, -0.25) is 10.1 Å². The van der Waals surface area contributed by atoms with Gasteiger partial charge in [0.15, 0.2) is 0 Å². The van der Waals surface area contributed by atoms with E-state index in [4.69, 9.17) is 4.74 Å². The standard InChI is InChI=1S/C16H17N3O4S/c1-23-14-10-11(19(21)22)6-7-12(14)17-16(20)18-8-2-4-13(18)15-5-3-9-24-15/h3,5-7,9-10,13H,2,4,8H2,1H3,(H,17,20)/t13-/m0/s1. The molecule has 1 aromatic heterocycles.